The minimum atomic E-state index is -0.782. The second-order valence-electron chi connectivity index (χ2n) is 23.4. The predicted octanol–water partition coefficient (Wildman–Crippen LogP) is 23.9. The van der Waals surface area contributed by atoms with Crippen molar-refractivity contribution in [3.8, 4) is 0 Å². The number of unbranched alkanes of at least 4 members (excludes halogenated alkanes) is 43. The average Bonchev–Trinajstić information content (AvgIpc) is 3.45. The van der Waals surface area contributed by atoms with Crippen LogP contribution in [0.15, 0.2) is 60.8 Å². The predicted molar refractivity (Wildman–Crippen MR) is 344 cm³/mol. The molecule has 6 nitrogen and oxygen atoms in total. The van der Waals surface area contributed by atoms with Crippen molar-refractivity contribution in [2.45, 2.75) is 374 Å². The summed E-state index contributed by atoms with van der Waals surface area (Å²) in [5.41, 5.74) is 0. The Balaban J connectivity index is 4.05. The topological polar surface area (TPSA) is 78.9 Å². The lowest BCUT2D eigenvalue weighted by atomic mass is 10.0. The van der Waals surface area contributed by atoms with E-state index in [0.29, 0.717) is 19.3 Å². The van der Waals surface area contributed by atoms with Crippen LogP contribution in [-0.4, -0.2) is 37.2 Å². The van der Waals surface area contributed by atoms with Crippen LogP contribution in [0.2, 0.25) is 0 Å². The maximum atomic E-state index is 12.9. The van der Waals surface area contributed by atoms with Crippen LogP contribution in [0.5, 0.6) is 0 Å². The van der Waals surface area contributed by atoms with Crippen molar-refractivity contribution in [3.63, 3.8) is 0 Å². The zero-order valence-electron chi connectivity index (χ0n) is 52.9. The molecule has 0 aliphatic carbocycles. The summed E-state index contributed by atoms with van der Waals surface area (Å²) in [4.78, 5) is 38.2. The molecule has 0 bridgehead atoms. The van der Waals surface area contributed by atoms with Gasteiger partial charge in [-0.15, -0.1) is 0 Å². The Morgan fingerprint density at radius 2 is 0.494 bits per heavy atom. The molecule has 79 heavy (non-hydrogen) atoms. The van der Waals surface area contributed by atoms with Crippen LogP contribution in [0.1, 0.15) is 367 Å². The number of carbonyl (C=O) groups excluding carboxylic acids is 3. The summed E-state index contributed by atoms with van der Waals surface area (Å²) in [6, 6.07) is 0. The Morgan fingerprint density at radius 1 is 0.266 bits per heavy atom. The smallest absolute Gasteiger partial charge is 0.306 e. The highest BCUT2D eigenvalue weighted by Gasteiger charge is 2.19. The van der Waals surface area contributed by atoms with Gasteiger partial charge in [0.25, 0.3) is 0 Å². The third-order valence-corrected chi connectivity index (χ3v) is 15.5. The van der Waals surface area contributed by atoms with Gasteiger partial charge in [-0.3, -0.25) is 14.4 Å². The lowest BCUT2D eigenvalue weighted by Crippen LogP contribution is -2.30. The standard InChI is InChI=1S/C73H132O6/c1-4-7-10-13-16-19-21-23-25-27-29-31-32-33-34-35-36-37-38-39-40-41-43-44-46-48-50-52-54-57-60-63-66-72(75)78-69-70(68-77-71(74)65-62-59-56-18-15-12-9-6-3)79-73(76)67-64-61-58-55-53-51-49-47-45-42-30-28-26-24-22-20-17-14-11-8-5-2/h8,11,17,20,24,26,30,42,47,49,70H,4-7,9-10,12-16,18-19,21-23,25,27-29,31-41,43-46,48,50-69H2,1-3H3/b11-8-,20-17-,26-24-,42-30-,49-47-. The first kappa shape index (κ1) is 76.1. The quantitative estimate of drug-likeness (QED) is 0.0261. The molecule has 0 fully saturated rings. The molecule has 0 heterocycles. The molecule has 0 saturated carbocycles. The fraction of sp³-hybridized carbons (Fsp3) is 0.822. The van der Waals surface area contributed by atoms with Gasteiger partial charge in [-0.1, -0.05) is 345 Å². The lowest BCUT2D eigenvalue weighted by Gasteiger charge is -2.18. The summed E-state index contributed by atoms with van der Waals surface area (Å²) in [5, 5.41) is 0. The Bertz CT molecular complexity index is 1410. The van der Waals surface area contributed by atoms with Gasteiger partial charge in [0.2, 0.25) is 0 Å². The van der Waals surface area contributed by atoms with Crippen molar-refractivity contribution in [1.82, 2.24) is 0 Å². The SMILES string of the molecule is CC/C=C\C/C=C\C/C=C\C/C=C\C/C=C\CCCCCCCC(=O)OC(COC(=O)CCCCCCCCCC)COC(=O)CCCCCCCCCCCCCCCCCCCCCCCCCCCCCCCCCC. The van der Waals surface area contributed by atoms with E-state index in [1.165, 1.54) is 218 Å². The molecule has 1 unspecified atom stereocenters. The number of hydrogen-bond donors (Lipinski definition) is 0. The third kappa shape index (κ3) is 65.8. The first-order chi connectivity index (χ1) is 39.0. The molecule has 1 atom stereocenters. The Kier molecular flexibility index (Phi) is 65.1. The van der Waals surface area contributed by atoms with Crippen molar-refractivity contribution in [3.05, 3.63) is 60.8 Å². The number of carbonyl (C=O) groups is 3. The van der Waals surface area contributed by atoms with E-state index in [0.717, 1.165) is 109 Å². The third-order valence-electron chi connectivity index (χ3n) is 15.5. The second kappa shape index (κ2) is 67.6. The Labute approximate surface area is 491 Å². The van der Waals surface area contributed by atoms with Crippen molar-refractivity contribution < 1.29 is 28.6 Å². The average molecular weight is 1110 g/mol. The molecule has 6 heteroatoms. The van der Waals surface area contributed by atoms with E-state index >= 15 is 0 Å². The number of ether oxygens (including phenoxy) is 3. The minimum Gasteiger partial charge on any atom is -0.462 e. The summed E-state index contributed by atoms with van der Waals surface area (Å²) in [6.45, 7) is 6.53. The second-order valence-corrected chi connectivity index (χ2v) is 23.4. The van der Waals surface area contributed by atoms with Crippen molar-refractivity contribution in [2.75, 3.05) is 13.2 Å². The zero-order valence-corrected chi connectivity index (χ0v) is 52.9. The summed E-state index contributed by atoms with van der Waals surface area (Å²) in [6.07, 6.45) is 87.1. The molecule has 0 spiro atoms. The number of rotatable bonds is 64. The van der Waals surface area contributed by atoms with Gasteiger partial charge in [-0.2, -0.15) is 0 Å². The van der Waals surface area contributed by atoms with Gasteiger partial charge in [-0.25, -0.2) is 0 Å². The fourth-order valence-electron chi connectivity index (χ4n) is 10.4. The molecule has 0 saturated heterocycles. The van der Waals surface area contributed by atoms with Gasteiger partial charge in [-0.05, 0) is 64.2 Å². The fourth-order valence-corrected chi connectivity index (χ4v) is 10.4. The summed E-state index contributed by atoms with van der Waals surface area (Å²) >= 11 is 0. The van der Waals surface area contributed by atoms with Crippen molar-refractivity contribution in [2.24, 2.45) is 0 Å². The molecule has 0 aliphatic heterocycles. The van der Waals surface area contributed by atoms with E-state index < -0.39 is 6.10 Å². The highest BCUT2D eigenvalue weighted by Crippen LogP contribution is 2.18. The number of allylic oxidation sites excluding steroid dienone is 10. The van der Waals surface area contributed by atoms with Crippen molar-refractivity contribution in [1.29, 1.82) is 0 Å². The van der Waals surface area contributed by atoms with E-state index in [4.69, 9.17) is 14.2 Å². The van der Waals surface area contributed by atoms with Crippen LogP contribution < -0.4 is 0 Å². The first-order valence-electron chi connectivity index (χ1n) is 34.8. The van der Waals surface area contributed by atoms with Crippen LogP contribution in [0.3, 0.4) is 0 Å². The summed E-state index contributed by atoms with van der Waals surface area (Å²) in [5.74, 6) is -0.883. The Morgan fingerprint density at radius 3 is 0.772 bits per heavy atom. The Hall–Kier alpha value is -2.89. The molecular weight excluding hydrogens is 973 g/mol. The molecule has 0 radical (unpaired) electrons. The van der Waals surface area contributed by atoms with Crippen LogP contribution >= 0.6 is 0 Å². The van der Waals surface area contributed by atoms with Crippen LogP contribution in [0, 0.1) is 0 Å². The summed E-state index contributed by atoms with van der Waals surface area (Å²) in [7, 11) is 0. The maximum Gasteiger partial charge on any atom is 0.306 e. The van der Waals surface area contributed by atoms with Crippen molar-refractivity contribution >= 4 is 17.9 Å². The number of esters is 3. The summed E-state index contributed by atoms with van der Waals surface area (Å²) < 4.78 is 16.9. The van der Waals surface area contributed by atoms with Gasteiger partial charge in [0, 0.05) is 19.3 Å². The molecule has 0 aromatic carbocycles. The van der Waals surface area contributed by atoms with E-state index in [9.17, 15) is 14.4 Å². The normalized spacial score (nSPS) is 12.4. The first-order valence-corrected chi connectivity index (χ1v) is 34.8. The zero-order chi connectivity index (χ0) is 57.1. The molecule has 460 valence electrons. The van der Waals surface area contributed by atoms with E-state index in [1.807, 2.05) is 0 Å². The minimum absolute atomic E-state index is 0.0783. The molecule has 0 aromatic heterocycles. The van der Waals surface area contributed by atoms with Gasteiger partial charge >= 0.3 is 17.9 Å². The van der Waals surface area contributed by atoms with Gasteiger partial charge in [0.15, 0.2) is 6.10 Å². The molecule has 0 aliphatic rings. The molecular formula is C73H132O6. The van der Waals surface area contributed by atoms with Crippen LogP contribution in [-0.2, 0) is 28.6 Å². The van der Waals surface area contributed by atoms with Gasteiger partial charge in [0.1, 0.15) is 13.2 Å². The highest BCUT2D eigenvalue weighted by atomic mass is 16.6. The molecule has 0 rings (SSSR count). The van der Waals surface area contributed by atoms with Crippen LogP contribution in [0.25, 0.3) is 0 Å². The van der Waals surface area contributed by atoms with Crippen LogP contribution in [0.4, 0.5) is 0 Å². The van der Waals surface area contributed by atoms with Gasteiger partial charge in [0.05, 0.1) is 0 Å². The highest BCUT2D eigenvalue weighted by molar-refractivity contribution is 5.71. The van der Waals surface area contributed by atoms with E-state index in [-0.39, 0.29) is 31.1 Å². The van der Waals surface area contributed by atoms with Gasteiger partial charge < -0.3 is 14.2 Å². The lowest BCUT2D eigenvalue weighted by molar-refractivity contribution is -0.167. The van der Waals surface area contributed by atoms with E-state index in [1.54, 1.807) is 0 Å². The molecule has 0 N–H and O–H groups in total. The maximum absolute atomic E-state index is 12.9. The van der Waals surface area contributed by atoms with E-state index in [2.05, 4.69) is 81.5 Å². The molecule has 0 amide bonds. The molecule has 0 aromatic rings. The monoisotopic (exact) mass is 1110 g/mol. The number of hydrogen-bond acceptors (Lipinski definition) is 6. The largest absolute Gasteiger partial charge is 0.462 e.